The lowest BCUT2D eigenvalue weighted by Crippen LogP contribution is -2.25. The third-order valence-electron chi connectivity index (χ3n) is 2.75. The van der Waals surface area contributed by atoms with Crippen LogP contribution >= 0.6 is 11.3 Å². The lowest BCUT2D eigenvalue weighted by molar-refractivity contribution is 0.0953. The number of pyridine rings is 1. The molecule has 3 aromatic heterocycles. The predicted octanol–water partition coefficient (Wildman–Crippen LogP) is 2.17. The Morgan fingerprint density at radius 1 is 1.29 bits per heavy atom. The number of carbonyl (C=O) groups excluding carboxylic acids is 1. The van der Waals surface area contributed by atoms with Crippen molar-refractivity contribution in [2.24, 2.45) is 0 Å². The number of nitrogens with zero attached hydrogens (tertiary/aromatic N) is 3. The molecule has 0 radical (unpaired) electrons. The van der Waals surface area contributed by atoms with Crippen LogP contribution in [-0.2, 0) is 6.42 Å². The number of nitrogens with one attached hydrogen (secondary N) is 1. The van der Waals surface area contributed by atoms with Crippen LogP contribution in [0.4, 0.5) is 0 Å². The van der Waals surface area contributed by atoms with Gasteiger partial charge in [0.1, 0.15) is 0 Å². The van der Waals surface area contributed by atoms with Gasteiger partial charge in [-0.15, -0.1) is 21.5 Å². The molecule has 0 aliphatic rings. The molecule has 1 N–H and O–H groups in total. The quantitative estimate of drug-likeness (QED) is 0.781. The van der Waals surface area contributed by atoms with E-state index in [1.54, 1.807) is 29.7 Å². The molecule has 0 bridgehead atoms. The van der Waals surface area contributed by atoms with Crippen LogP contribution in [0.2, 0.25) is 0 Å². The first-order valence-electron chi connectivity index (χ1n) is 6.37. The van der Waals surface area contributed by atoms with E-state index in [-0.39, 0.29) is 5.91 Å². The monoisotopic (exact) mass is 300 g/mol. The van der Waals surface area contributed by atoms with Gasteiger partial charge in [0.15, 0.2) is 0 Å². The molecule has 0 aliphatic heterocycles. The van der Waals surface area contributed by atoms with Crippen LogP contribution in [0.25, 0.3) is 10.8 Å². The Kier molecular flexibility index (Phi) is 4.02. The van der Waals surface area contributed by atoms with Gasteiger partial charge in [0.2, 0.25) is 5.89 Å². The summed E-state index contributed by atoms with van der Waals surface area (Å²) in [4.78, 5) is 16.7. The van der Waals surface area contributed by atoms with E-state index < -0.39 is 0 Å². The van der Waals surface area contributed by atoms with E-state index in [9.17, 15) is 4.79 Å². The highest BCUT2D eigenvalue weighted by Crippen LogP contribution is 2.22. The maximum Gasteiger partial charge on any atom is 0.257 e. The predicted molar refractivity (Wildman–Crippen MR) is 77.9 cm³/mol. The van der Waals surface area contributed by atoms with Gasteiger partial charge in [-0.05, 0) is 23.6 Å². The van der Waals surface area contributed by atoms with E-state index in [4.69, 9.17) is 4.42 Å². The lowest BCUT2D eigenvalue weighted by atomic mass is 10.2. The number of rotatable bonds is 5. The second-order valence-corrected chi connectivity index (χ2v) is 5.17. The van der Waals surface area contributed by atoms with Crippen molar-refractivity contribution in [2.45, 2.75) is 6.42 Å². The topological polar surface area (TPSA) is 80.9 Å². The van der Waals surface area contributed by atoms with Gasteiger partial charge in [-0.25, -0.2) is 0 Å². The number of amides is 1. The Labute approximate surface area is 124 Å². The van der Waals surface area contributed by atoms with Crippen molar-refractivity contribution in [1.82, 2.24) is 20.5 Å². The average molecular weight is 300 g/mol. The van der Waals surface area contributed by atoms with Gasteiger partial charge in [-0.1, -0.05) is 6.07 Å². The molecular formula is C14H12N4O2S. The maximum atomic E-state index is 11.8. The van der Waals surface area contributed by atoms with Crippen LogP contribution in [0.5, 0.6) is 0 Å². The van der Waals surface area contributed by atoms with Crippen LogP contribution in [0.1, 0.15) is 16.2 Å². The SMILES string of the molecule is O=C(NCCc1nnc(-c2cccs2)o1)c1cccnc1. The Morgan fingerprint density at radius 3 is 3.00 bits per heavy atom. The first-order chi connectivity index (χ1) is 10.3. The van der Waals surface area contributed by atoms with Crippen molar-refractivity contribution >= 4 is 17.2 Å². The highest BCUT2D eigenvalue weighted by atomic mass is 32.1. The van der Waals surface area contributed by atoms with Crippen molar-refractivity contribution in [3.8, 4) is 10.8 Å². The zero-order chi connectivity index (χ0) is 14.5. The van der Waals surface area contributed by atoms with Gasteiger partial charge >= 0.3 is 0 Å². The third-order valence-corrected chi connectivity index (χ3v) is 3.60. The molecule has 0 fully saturated rings. The minimum atomic E-state index is -0.166. The molecule has 0 atom stereocenters. The molecule has 1 amide bonds. The number of thiophene rings is 1. The highest BCUT2D eigenvalue weighted by Gasteiger charge is 2.10. The van der Waals surface area contributed by atoms with E-state index in [0.717, 1.165) is 4.88 Å². The number of carbonyl (C=O) groups is 1. The normalized spacial score (nSPS) is 10.5. The van der Waals surface area contributed by atoms with Crippen molar-refractivity contribution in [1.29, 1.82) is 0 Å². The Morgan fingerprint density at radius 2 is 2.24 bits per heavy atom. The summed E-state index contributed by atoms with van der Waals surface area (Å²) >= 11 is 1.54. The number of aromatic nitrogens is 3. The second-order valence-electron chi connectivity index (χ2n) is 4.23. The maximum absolute atomic E-state index is 11.8. The summed E-state index contributed by atoms with van der Waals surface area (Å²) in [6, 6.07) is 7.29. The minimum absolute atomic E-state index is 0.166. The zero-order valence-electron chi connectivity index (χ0n) is 11.0. The fourth-order valence-corrected chi connectivity index (χ4v) is 2.38. The summed E-state index contributed by atoms with van der Waals surface area (Å²) in [5.41, 5.74) is 0.530. The molecule has 106 valence electrons. The molecule has 0 aromatic carbocycles. The molecule has 0 aliphatic carbocycles. The zero-order valence-corrected chi connectivity index (χ0v) is 11.8. The fourth-order valence-electron chi connectivity index (χ4n) is 1.74. The molecule has 6 nitrogen and oxygen atoms in total. The lowest BCUT2D eigenvalue weighted by Gasteiger charge is -2.02. The minimum Gasteiger partial charge on any atom is -0.420 e. The van der Waals surface area contributed by atoms with Gasteiger partial charge in [-0.3, -0.25) is 9.78 Å². The molecule has 3 aromatic rings. The van der Waals surface area contributed by atoms with E-state index in [1.807, 2.05) is 17.5 Å². The summed E-state index contributed by atoms with van der Waals surface area (Å²) in [6.07, 6.45) is 3.64. The van der Waals surface area contributed by atoms with Crippen molar-refractivity contribution in [3.05, 3.63) is 53.5 Å². The summed E-state index contributed by atoms with van der Waals surface area (Å²) in [5.74, 6) is 0.851. The first-order valence-corrected chi connectivity index (χ1v) is 7.25. The van der Waals surface area contributed by atoms with E-state index >= 15 is 0 Å². The van der Waals surface area contributed by atoms with Crippen LogP contribution in [-0.4, -0.2) is 27.6 Å². The Hall–Kier alpha value is -2.54. The van der Waals surface area contributed by atoms with E-state index in [1.165, 1.54) is 6.20 Å². The molecular weight excluding hydrogens is 288 g/mol. The molecule has 7 heteroatoms. The van der Waals surface area contributed by atoms with Crippen LogP contribution in [0.3, 0.4) is 0 Å². The van der Waals surface area contributed by atoms with Crippen LogP contribution in [0, 0.1) is 0 Å². The fraction of sp³-hybridized carbons (Fsp3) is 0.143. The van der Waals surface area contributed by atoms with Gasteiger partial charge in [0.25, 0.3) is 11.8 Å². The van der Waals surface area contributed by atoms with E-state index in [0.29, 0.717) is 30.3 Å². The average Bonchev–Trinajstić information content (AvgIpc) is 3.19. The molecule has 0 unspecified atom stereocenters. The summed E-state index contributed by atoms with van der Waals surface area (Å²) in [7, 11) is 0. The molecule has 3 rings (SSSR count). The van der Waals surface area contributed by atoms with Crippen LogP contribution in [0.15, 0.2) is 46.5 Å². The smallest absolute Gasteiger partial charge is 0.257 e. The van der Waals surface area contributed by atoms with Gasteiger partial charge < -0.3 is 9.73 Å². The van der Waals surface area contributed by atoms with Crippen molar-refractivity contribution in [3.63, 3.8) is 0 Å². The second kappa shape index (κ2) is 6.27. The number of hydrogen-bond donors (Lipinski definition) is 1. The summed E-state index contributed by atoms with van der Waals surface area (Å²) < 4.78 is 5.54. The number of hydrogen-bond acceptors (Lipinski definition) is 6. The standard InChI is InChI=1S/C14H12N4O2S/c19-13(10-3-1-6-15-9-10)16-7-5-12-17-18-14(20-12)11-4-2-8-21-11/h1-4,6,8-9H,5,7H2,(H,16,19). The van der Waals surface area contributed by atoms with Gasteiger partial charge in [-0.2, -0.15) is 0 Å². The van der Waals surface area contributed by atoms with Crippen molar-refractivity contribution < 1.29 is 9.21 Å². The van der Waals surface area contributed by atoms with E-state index in [2.05, 4.69) is 20.5 Å². The third kappa shape index (κ3) is 3.32. The Bertz CT molecular complexity index is 710. The molecule has 21 heavy (non-hydrogen) atoms. The van der Waals surface area contributed by atoms with Crippen molar-refractivity contribution in [2.75, 3.05) is 6.54 Å². The first kappa shape index (κ1) is 13.4. The molecule has 0 spiro atoms. The largest absolute Gasteiger partial charge is 0.420 e. The van der Waals surface area contributed by atoms with Gasteiger partial charge in [0, 0.05) is 25.4 Å². The summed E-state index contributed by atoms with van der Waals surface area (Å²) in [6.45, 7) is 0.430. The molecule has 3 heterocycles. The molecule has 0 saturated carbocycles. The summed E-state index contributed by atoms with van der Waals surface area (Å²) in [5, 5.41) is 12.7. The molecule has 0 saturated heterocycles. The van der Waals surface area contributed by atoms with Crippen LogP contribution < -0.4 is 5.32 Å². The Balaban J connectivity index is 1.53. The highest BCUT2D eigenvalue weighted by molar-refractivity contribution is 7.13. The van der Waals surface area contributed by atoms with Gasteiger partial charge in [0.05, 0.1) is 10.4 Å².